The standard InChI is InChI=1S/C22H30FN5O2/c1-14-7-5-10-20(28(14)22(24)30)25-19-9-6-8-18(21(19)23)13-27-15(2)11-26(17(4)29)12-16(27)3/h5-10,14-16,25H,11-13H2,1-4H3,(H2,24,30)/t14?,15-,16+. The molecule has 1 aromatic rings. The van der Waals surface area contributed by atoms with Crippen LogP contribution in [-0.2, 0) is 11.3 Å². The number of carbonyl (C=O) groups is 2. The van der Waals surface area contributed by atoms with E-state index in [4.69, 9.17) is 5.73 Å². The maximum Gasteiger partial charge on any atom is 0.320 e. The topological polar surface area (TPSA) is 81.9 Å². The second kappa shape index (κ2) is 8.87. The van der Waals surface area contributed by atoms with Crippen molar-refractivity contribution in [2.75, 3.05) is 18.4 Å². The summed E-state index contributed by atoms with van der Waals surface area (Å²) in [5, 5.41) is 3.02. The monoisotopic (exact) mass is 415 g/mol. The van der Waals surface area contributed by atoms with Gasteiger partial charge in [0.25, 0.3) is 0 Å². The minimum absolute atomic E-state index is 0.0637. The predicted molar refractivity (Wildman–Crippen MR) is 115 cm³/mol. The first-order valence-corrected chi connectivity index (χ1v) is 10.2. The number of piperazine rings is 1. The Morgan fingerprint density at radius 3 is 2.47 bits per heavy atom. The predicted octanol–water partition coefficient (Wildman–Crippen LogP) is 2.86. The van der Waals surface area contributed by atoms with Gasteiger partial charge in [0, 0.05) is 44.2 Å². The summed E-state index contributed by atoms with van der Waals surface area (Å²) in [6.07, 6.45) is 5.35. The third-order valence-corrected chi connectivity index (χ3v) is 5.79. The van der Waals surface area contributed by atoms with E-state index >= 15 is 4.39 Å². The molecule has 1 unspecified atom stereocenters. The molecule has 1 saturated heterocycles. The quantitative estimate of drug-likeness (QED) is 0.792. The maximum atomic E-state index is 15.3. The van der Waals surface area contributed by atoms with Crippen LogP contribution in [0.4, 0.5) is 14.9 Å². The number of nitrogens with one attached hydrogen (secondary N) is 1. The molecule has 3 rings (SSSR count). The van der Waals surface area contributed by atoms with Crippen molar-refractivity contribution in [1.29, 1.82) is 0 Å². The molecule has 0 saturated carbocycles. The van der Waals surface area contributed by atoms with E-state index in [-0.39, 0.29) is 35.5 Å². The van der Waals surface area contributed by atoms with Crippen LogP contribution >= 0.6 is 0 Å². The van der Waals surface area contributed by atoms with Gasteiger partial charge in [-0.25, -0.2) is 9.18 Å². The van der Waals surface area contributed by atoms with Crippen molar-refractivity contribution in [1.82, 2.24) is 14.7 Å². The molecule has 1 aromatic carbocycles. The molecule has 3 N–H and O–H groups in total. The second-order valence-corrected chi connectivity index (χ2v) is 8.08. The summed E-state index contributed by atoms with van der Waals surface area (Å²) >= 11 is 0. The van der Waals surface area contributed by atoms with Crippen molar-refractivity contribution >= 4 is 17.6 Å². The van der Waals surface area contributed by atoms with Gasteiger partial charge in [0.2, 0.25) is 5.91 Å². The summed E-state index contributed by atoms with van der Waals surface area (Å²) in [5.41, 5.74) is 6.34. The van der Waals surface area contributed by atoms with E-state index in [2.05, 4.69) is 24.1 Å². The highest BCUT2D eigenvalue weighted by atomic mass is 19.1. The average Bonchev–Trinajstić information content (AvgIpc) is 2.66. The molecular formula is C22H30FN5O2. The summed E-state index contributed by atoms with van der Waals surface area (Å²) in [5.74, 6) is 0.137. The smallest absolute Gasteiger partial charge is 0.320 e. The van der Waals surface area contributed by atoms with Crippen molar-refractivity contribution in [2.24, 2.45) is 5.73 Å². The number of nitrogens with zero attached hydrogens (tertiary/aromatic N) is 3. The van der Waals surface area contributed by atoms with E-state index in [1.54, 1.807) is 31.2 Å². The second-order valence-electron chi connectivity index (χ2n) is 8.08. The van der Waals surface area contributed by atoms with E-state index in [0.29, 0.717) is 31.0 Å². The third-order valence-electron chi connectivity index (χ3n) is 5.79. The Kier molecular flexibility index (Phi) is 6.45. The molecule has 8 heteroatoms. The van der Waals surface area contributed by atoms with Gasteiger partial charge in [-0.1, -0.05) is 24.3 Å². The molecule has 0 spiro atoms. The zero-order chi connectivity index (χ0) is 22.0. The largest absolute Gasteiger partial charge is 0.351 e. The first-order chi connectivity index (χ1) is 14.2. The SMILES string of the molecule is CC(=O)N1C[C@@H](C)N(Cc2cccc(NC3=CC=CC(C)N3C(N)=O)c2F)[C@@H](C)C1. The first-order valence-electron chi connectivity index (χ1n) is 10.2. The van der Waals surface area contributed by atoms with Crippen LogP contribution < -0.4 is 11.1 Å². The van der Waals surface area contributed by atoms with Crippen molar-refractivity contribution in [3.8, 4) is 0 Å². The zero-order valence-electron chi connectivity index (χ0n) is 17.9. The number of amides is 3. The lowest BCUT2D eigenvalue weighted by Crippen LogP contribution is -2.57. The van der Waals surface area contributed by atoms with Crippen LogP contribution in [0.5, 0.6) is 0 Å². The molecule has 7 nitrogen and oxygen atoms in total. The lowest BCUT2D eigenvalue weighted by Gasteiger charge is -2.44. The summed E-state index contributed by atoms with van der Waals surface area (Å²) in [4.78, 5) is 29.0. The molecule has 2 heterocycles. The van der Waals surface area contributed by atoms with Crippen LogP contribution in [0.1, 0.15) is 33.3 Å². The van der Waals surface area contributed by atoms with Crippen LogP contribution in [0.25, 0.3) is 0 Å². The molecule has 3 amide bonds. The van der Waals surface area contributed by atoms with Gasteiger partial charge in [-0.3, -0.25) is 14.6 Å². The molecule has 30 heavy (non-hydrogen) atoms. The fourth-order valence-corrected chi connectivity index (χ4v) is 4.17. The highest BCUT2D eigenvalue weighted by molar-refractivity contribution is 5.76. The molecule has 162 valence electrons. The number of primary amides is 1. The lowest BCUT2D eigenvalue weighted by atomic mass is 10.1. The lowest BCUT2D eigenvalue weighted by molar-refractivity contribution is -0.133. The highest BCUT2D eigenvalue weighted by Gasteiger charge is 2.31. The fraction of sp³-hybridized carbons (Fsp3) is 0.455. The average molecular weight is 416 g/mol. The third kappa shape index (κ3) is 4.48. The van der Waals surface area contributed by atoms with Crippen LogP contribution in [0.2, 0.25) is 0 Å². The fourth-order valence-electron chi connectivity index (χ4n) is 4.17. The summed E-state index contributed by atoms with van der Waals surface area (Å²) in [6.45, 7) is 9.22. The normalized spacial score (nSPS) is 24.6. The van der Waals surface area contributed by atoms with Gasteiger partial charge in [-0.2, -0.15) is 0 Å². The maximum absolute atomic E-state index is 15.3. The van der Waals surface area contributed by atoms with Crippen molar-refractivity contribution in [2.45, 2.75) is 52.4 Å². The Balaban J connectivity index is 1.79. The molecule has 1 fully saturated rings. The summed E-state index contributed by atoms with van der Waals surface area (Å²) in [7, 11) is 0. The highest BCUT2D eigenvalue weighted by Crippen LogP contribution is 2.26. The van der Waals surface area contributed by atoms with Crippen LogP contribution in [-0.4, -0.2) is 57.9 Å². The summed E-state index contributed by atoms with van der Waals surface area (Å²) < 4.78 is 15.3. The van der Waals surface area contributed by atoms with Gasteiger partial charge in [-0.15, -0.1) is 0 Å². The number of anilines is 1. The molecule has 2 aliphatic heterocycles. The van der Waals surface area contributed by atoms with E-state index in [1.165, 1.54) is 4.90 Å². The number of carbonyl (C=O) groups excluding carboxylic acids is 2. The van der Waals surface area contributed by atoms with Gasteiger partial charge in [0.05, 0.1) is 11.7 Å². The van der Waals surface area contributed by atoms with E-state index in [9.17, 15) is 9.59 Å². The van der Waals surface area contributed by atoms with Crippen LogP contribution in [0, 0.1) is 5.82 Å². The molecule has 0 bridgehead atoms. The number of rotatable bonds is 4. The number of nitrogens with two attached hydrogens (primary N) is 1. The number of benzene rings is 1. The number of allylic oxidation sites excluding steroid dienone is 2. The molecular weight excluding hydrogens is 385 g/mol. The molecule has 3 atom stereocenters. The molecule has 0 radical (unpaired) electrons. The Bertz CT molecular complexity index is 872. The zero-order valence-corrected chi connectivity index (χ0v) is 17.9. The Morgan fingerprint density at radius 2 is 1.87 bits per heavy atom. The Labute approximate surface area is 177 Å². The number of urea groups is 1. The van der Waals surface area contributed by atoms with Gasteiger partial charge >= 0.3 is 6.03 Å². The summed E-state index contributed by atoms with van der Waals surface area (Å²) in [6, 6.07) is 4.61. The van der Waals surface area contributed by atoms with Gasteiger partial charge in [0.15, 0.2) is 5.82 Å². The number of hydrogen-bond acceptors (Lipinski definition) is 4. The van der Waals surface area contributed by atoms with Crippen LogP contribution in [0.3, 0.4) is 0 Å². The number of halogens is 1. The van der Waals surface area contributed by atoms with E-state index < -0.39 is 6.03 Å². The van der Waals surface area contributed by atoms with Gasteiger partial charge < -0.3 is 16.0 Å². The van der Waals surface area contributed by atoms with Crippen LogP contribution in [0.15, 0.2) is 42.2 Å². The van der Waals surface area contributed by atoms with Gasteiger partial charge in [-0.05, 0) is 32.9 Å². The van der Waals surface area contributed by atoms with E-state index in [0.717, 1.165) is 0 Å². The van der Waals surface area contributed by atoms with Crippen molar-refractivity contribution in [3.63, 3.8) is 0 Å². The minimum Gasteiger partial charge on any atom is -0.351 e. The Morgan fingerprint density at radius 1 is 1.20 bits per heavy atom. The number of hydrogen-bond donors (Lipinski definition) is 2. The van der Waals surface area contributed by atoms with Crippen molar-refractivity contribution < 1.29 is 14.0 Å². The minimum atomic E-state index is -0.604. The van der Waals surface area contributed by atoms with Gasteiger partial charge in [0.1, 0.15) is 5.82 Å². The molecule has 0 aromatic heterocycles. The first kappa shape index (κ1) is 21.8. The molecule has 0 aliphatic carbocycles. The molecule has 2 aliphatic rings. The van der Waals surface area contributed by atoms with Crippen molar-refractivity contribution in [3.05, 3.63) is 53.6 Å². The Hall–Kier alpha value is -2.87. The van der Waals surface area contributed by atoms with E-state index in [1.807, 2.05) is 24.0 Å².